The van der Waals surface area contributed by atoms with Crippen molar-refractivity contribution < 1.29 is 4.42 Å². The number of hydrogen-bond acceptors (Lipinski definition) is 4. The van der Waals surface area contributed by atoms with E-state index in [0.29, 0.717) is 17.5 Å². The van der Waals surface area contributed by atoms with Crippen molar-refractivity contribution in [3.05, 3.63) is 218 Å². The minimum atomic E-state index is 0.583. The molecule has 3 heterocycles. The quantitative estimate of drug-likeness (QED) is 0.161. The van der Waals surface area contributed by atoms with Gasteiger partial charge in [0.15, 0.2) is 17.5 Å². The van der Waals surface area contributed by atoms with Crippen molar-refractivity contribution in [2.45, 2.75) is 0 Å². The molecule has 0 aliphatic heterocycles. The number of rotatable bonds is 7. The normalized spacial score (nSPS) is 11.5. The third-order valence-electron chi connectivity index (χ3n) is 11.9. The lowest BCUT2D eigenvalue weighted by Gasteiger charge is -2.17. The molecule has 62 heavy (non-hydrogen) atoms. The Hall–Kier alpha value is -8.41. The van der Waals surface area contributed by atoms with Crippen LogP contribution in [0.3, 0.4) is 0 Å². The molecule has 0 spiro atoms. The molecule has 0 amide bonds. The summed E-state index contributed by atoms with van der Waals surface area (Å²) >= 11 is 0. The van der Waals surface area contributed by atoms with Gasteiger partial charge in [0.2, 0.25) is 0 Å². The van der Waals surface area contributed by atoms with Gasteiger partial charge in [0, 0.05) is 38.2 Å². The van der Waals surface area contributed by atoms with E-state index >= 15 is 0 Å². The van der Waals surface area contributed by atoms with Gasteiger partial charge in [-0.3, -0.25) is 0 Å². The van der Waals surface area contributed by atoms with E-state index in [1.54, 1.807) is 0 Å². The van der Waals surface area contributed by atoms with E-state index in [9.17, 15) is 0 Å². The van der Waals surface area contributed by atoms with Crippen LogP contribution in [0.2, 0.25) is 0 Å². The van der Waals surface area contributed by atoms with Crippen LogP contribution in [-0.4, -0.2) is 19.5 Å². The molecule has 0 aliphatic carbocycles. The van der Waals surface area contributed by atoms with Crippen LogP contribution in [0.5, 0.6) is 0 Å². The Labute approximate surface area is 357 Å². The zero-order chi connectivity index (χ0) is 41.0. The molecule has 0 unspecified atom stereocenters. The van der Waals surface area contributed by atoms with E-state index in [4.69, 9.17) is 19.4 Å². The van der Waals surface area contributed by atoms with E-state index in [2.05, 4.69) is 174 Å². The fraction of sp³-hybridized carbons (Fsp3) is 0. The number of fused-ring (bicyclic) bond motifs is 7. The van der Waals surface area contributed by atoms with Crippen molar-refractivity contribution in [3.63, 3.8) is 0 Å². The summed E-state index contributed by atoms with van der Waals surface area (Å²) < 4.78 is 8.80. The third-order valence-corrected chi connectivity index (χ3v) is 11.9. The average molecular weight is 793 g/mol. The lowest BCUT2D eigenvalue weighted by Crippen LogP contribution is -2.04. The maximum Gasteiger partial charge on any atom is 0.166 e. The van der Waals surface area contributed by atoms with E-state index in [1.165, 1.54) is 11.1 Å². The molecule has 3 aromatic heterocycles. The van der Waals surface area contributed by atoms with Gasteiger partial charge in [0.25, 0.3) is 0 Å². The number of hydrogen-bond donors (Lipinski definition) is 0. The molecule has 9 aromatic carbocycles. The summed E-state index contributed by atoms with van der Waals surface area (Å²) in [5.74, 6) is 1.80. The van der Waals surface area contributed by atoms with Gasteiger partial charge in [0.05, 0.1) is 16.7 Å². The third kappa shape index (κ3) is 5.98. The summed E-state index contributed by atoms with van der Waals surface area (Å²) in [5.41, 5.74) is 14.4. The van der Waals surface area contributed by atoms with Gasteiger partial charge in [-0.15, -0.1) is 0 Å². The Morgan fingerprint density at radius 1 is 0.306 bits per heavy atom. The van der Waals surface area contributed by atoms with Gasteiger partial charge in [-0.1, -0.05) is 176 Å². The van der Waals surface area contributed by atoms with Gasteiger partial charge in [-0.05, 0) is 75.8 Å². The average Bonchev–Trinajstić information content (AvgIpc) is 3.90. The Bertz CT molecular complexity index is 3560. The van der Waals surface area contributed by atoms with Crippen molar-refractivity contribution in [3.8, 4) is 73.2 Å². The highest BCUT2D eigenvalue weighted by molar-refractivity contribution is 6.27. The standard InChI is InChI=1S/C57H36N4O/c1-5-17-37(18-6-1)43-31-29-41(35-46(43)38-19-7-2-8-20-38)42-30-32-49(47(36-42)57-59-55(39-21-9-3-10-22-39)58-56(60-57)40-23-11-4-12-24-40)61-48-27-15-13-25-44(48)53-50(61)33-34-52-54(53)45-26-14-16-28-51(45)62-52/h1-36H. The molecule has 0 atom stereocenters. The Morgan fingerprint density at radius 3 is 1.48 bits per heavy atom. The highest BCUT2D eigenvalue weighted by Gasteiger charge is 2.23. The molecule has 0 bridgehead atoms. The first-order valence-electron chi connectivity index (χ1n) is 20.9. The largest absolute Gasteiger partial charge is 0.456 e. The van der Waals surface area contributed by atoms with Crippen LogP contribution < -0.4 is 0 Å². The van der Waals surface area contributed by atoms with Crippen molar-refractivity contribution in [1.29, 1.82) is 0 Å². The lowest BCUT2D eigenvalue weighted by molar-refractivity contribution is 0.669. The molecule has 5 heteroatoms. The van der Waals surface area contributed by atoms with Crippen molar-refractivity contribution in [1.82, 2.24) is 19.5 Å². The van der Waals surface area contributed by atoms with E-state index in [-0.39, 0.29) is 0 Å². The van der Waals surface area contributed by atoms with Crippen molar-refractivity contribution in [2.75, 3.05) is 0 Å². The van der Waals surface area contributed by atoms with Crippen LogP contribution in [0.4, 0.5) is 0 Å². The summed E-state index contributed by atoms with van der Waals surface area (Å²) in [6.07, 6.45) is 0. The first-order chi connectivity index (χ1) is 30.7. The van der Waals surface area contributed by atoms with E-state index in [0.717, 1.165) is 88.4 Å². The van der Waals surface area contributed by atoms with Crippen molar-refractivity contribution in [2.24, 2.45) is 0 Å². The van der Waals surface area contributed by atoms with Gasteiger partial charge in [-0.25, -0.2) is 15.0 Å². The second-order valence-corrected chi connectivity index (χ2v) is 15.5. The second kappa shape index (κ2) is 14.7. The first kappa shape index (κ1) is 35.5. The van der Waals surface area contributed by atoms with Gasteiger partial charge in [-0.2, -0.15) is 0 Å². The van der Waals surface area contributed by atoms with Crippen LogP contribution in [0.1, 0.15) is 0 Å². The molecule has 0 saturated heterocycles. The van der Waals surface area contributed by atoms with Gasteiger partial charge >= 0.3 is 0 Å². The predicted molar refractivity (Wildman–Crippen MR) is 254 cm³/mol. The topological polar surface area (TPSA) is 56.7 Å². The molecule has 12 aromatic rings. The van der Waals surface area contributed by atoms with Crippen molar-refractivity contribution >= 4 is 43.7 Å². The van der Waals surface area contributed by atoms with Gasteiger partial charge in [0.1, 0.15) is 11.2 Å². The maximum atomic E-state index is 6.43. The van der Waals surface area contributed by atoms with E-state index < -0.39 is 0 Å². The highest BCUT2D eigenvalue weighted by Crippen LogP contribution is 2.44. The van der Waals surface area contributed by atoms with Crippen LogP contribution in [0, 0.1) is 0 Å². The number of para-hydroxylation sites is 2. The molecule has 12 rings (SSSR count). The summed E-state index contributed by atoms with van der Waals surface area (Å²) in [6, 6.07) is 76.3. The lowest BCUT2D eigenvalue weighted by atomic mass is 9.90. The molecular weight excluding hydrogens is 757 g/mol. The minimum Gasteiger partial charge on any atom is -0.456 e. The van der Waals surface area contributed by atoms with Crippen LogP contribution in [0.25, 0.3) is 117 Å². The van der Waals surface area contributed by atoms with Crippen LogP contribution in [-0.2, 0) is 0 Å². The Balaban J connectivity index is 1.16. The molecule has 0 aliphatic rings. The highest BCUT2D eigenvalue weighted by atomic mass is 16.3. The summed E-state index contributed by atoms with van der Waals surface area (Å²) in [7, 11) is 0. The fourth-order valence-corrected chi connectivity index (χ4v) is 9.00. The van der Waals surface area contributed by atoms with Crippen LogP contribution in [0.15, 0.2) is 223 Å². The molecule has 290 valence electrons. The summed E-state index contributed by atoms with van der Waals surface area (Å²) in [5, 5.41) is 4.49. The zero-order valence-corrected chi connectivity index (χ0v) is 33.5. The van der Waals surface area contributed by atoms with E-state index in [1.807, 2.05) is 48.5 Å². The smallest absolute Gasteiger partial charge is 0.166 e. The number of aromatic nitrogens is 4. The van der Waals surface area contributed by atoms with Gasteiger partial charge < -0.3 is 8.98 Å². The number of nitrogens with zero attached hydrogens (tertiary/aromatic N) is 4. The zero-order valence-electron chi connectivity index (χ0n) is 33.5. The summed E-state index contributed by atoms with van der Waals surface area (Å²) in [6.45, 7) is 0. The monoisotopic (exact) mass is 792 g/mol. The number of furan rings is 1. The first-order valence-corrected chi connectivity index (χ1v) is 20.9. The number of benzene rings is 9. The maximum absolute atomic E-state index is 6.43. The Morgan fingerprint density at radius 2 is 0.823 bits per heavy atom. The fourth-order valence-electron chi connectivity index (χ4n) is 9.00. The molecule has 0 N–H and O–H groups in total. The predicted octanol–water partition coefficient (Wildman–Crippen LogP) is 14.9. The SMILES string of the molecule is c1ccc(-c2nc(-c3ccccc3)nc(-c3cc(-c4ccc(-c5ccccc5)c(-c5ccccc5)c4)ccc3-n3c4ccccc4c4c5c(ccc43)oc3ccccc35)n2)cc1. The minimum absolute atomic E-state index is 0.583. The molecule has 5 nitrogen and oxygen atoms in total. The Kier molecular flexibility index (Phi) is 8.42. The molecule has 0 radical (unpaired) electrons. The molecule has 0 saturated carbocycles. The second-order valence-electron chi connectivity index (χ2n) is 15.5. The van der Waals surface area contributed by atoms with Crippen LogP contribution >= 0.6 is 0 Å². The summed E-state index contributed by atoms with van der Waals surface area (Å²) in [4.78, 5) is 15.7. The molecular formula is C57H36N4O. The molecule has 0 fully saturated rings.